The highest BCUT2D eigenvalue weighted by molar-refractivity contribution is 6.09. The Bertz CT molecular complexity index is 1250. The van der Waals surface area contributed by atoms with E-state index in [1.807, 2.05) is 13.0 Å². The van der Waals surface area contributed by atoms with Crippen molar-refractivity contribution in [2.75, 3.05) is 13.7 Å². The number of nitrogens with zero attached hydrogens (tertiary/aromatic N) is 3. The molecule has 0 bridgehead atoms. The second-order valence-electron chi connectivity index (χ2n) is 8.51. The van der Waals surface area contributed by atoms with E-state index >= 15 is 0 Å². The van der Waals surface area contributed by atoms with Gasteiger partial charge in [-0.05, 0) is 50.1 Å². The summed E-state index contributed by atoms with van der Waals surface area (Å²) >= 11 is 0. The minimum Gasteiger partial charge on any atom is -0.497 e. The van der Waals surface area contributed by atoms with Gasteiger partial charge < -0.3 is 4.74 Å². The summed E-state index contributed by atoms with van der Waals surface area (Å²) in [5.41, 5.74) is 0.771. The fourth-order valence-electron chi connectivity index (χ4n) is 4.40. The van der Waals surface area contributed by atoms with Crippen molar-refractivity contribution in [2.45, 2.75) is 19.8 Å². The normalized spacial score (nSPS) is 19.1. The molecule has 2 aromatic rings. The Morgan fingerprint density at radius 2 is 1.77 bits per heavy atom. The number of nitro benzene ring substituents is 1. The van der Waals surface area contributed by atoms with E-state index in [9.17, 15) is 29.3 Å². The van der Waals surface area contributed by atoms with Crippen molar-refractivity contribution in [2.24, 2.45) is 11.8 Å². The largest absolute Gasteiger partial charge is 0.497 e. The number of rotatable bonds is 7. The van der Waals surface area contributed by atoms with Gasteiger partial charge in [-0.2, -0.15) is 5.01 Å². The number of hydrogen-bond acceptors (Lipinski definition) is 7. The number of benzene rings is 2. The van der Waals surface area contributed by atoms with E-state index in [4.69, 9.17) is 4.74 Å². The van der Waals surface area contributed by atoms with Crippen LogP contribution < -0.4 is 4.74 Å². The molecule has 0 spiro atoms. The zero-order valence-electron chi connectivity index (χ0n) is 19.2. The minimum atomic E-state index is -0.861. The monoisotopic (exact) mass is 477 g/mol. The summed E-state index contributed by atoms with van der Waals surface area (Å²) in [4.78, 5) is 63.7. The number of hydrogen-bond donors (Lipinski definition) is 0. The quantitative estimate of drug-likeness (QED) is 0.197. The van der Waals surface area contributed by atoms with Crippen molar-refractivity contribution in [3.8, 4) is 5.75 Å². The third-order valence-corrected chi connectivity index (χ3v) is 6.28. The molecule has 180 valence electrons. The van der Waals surface area contributed by atoms with Gasteiger partial charge in [0.1, 0.15) is 12.3 Å². The molecule has 4 rings (SSSR count). The van der Waals surface area contributed by atoms with Gasteiger partial charge in [0, 0.05) is 23.3 Å². The third kappa shape index (κ3) is 4.54. The molecular weight excluding hydrogens is 454 g/mol. The van der Waals surface area contributed by atoms with Gasteiger partial charge in [0.05, 0.1) is 23.9 Å². The number of non-ortho nitro benzene ring substituents is 1. The zero-order valence-corrected chi connectivity index (χ0v) is 19.2. The summed E-state index contributed by atoms with van der Waals surface area (Å²) < 4.78 is 5.10. The van der Waals surface area contributed by atoms with E-state index in [1.165, 1.54) is 37.4 Å². The molecule has 10 heteroatoms. The summed E-state index contributed by atoms with van der Waals surface area (Å²) in [5, 5.41) is 12.8. The third-order valence-electron chi connectivity index (χ3n) is 6.28. The van der Waals surface area contributed by atoms with Gasteiger partial charge in [0.15, 0.2) is 5.78 Å². The highest BCUT2D eigenvalue weighted by Crippen LogP contribution is 2.38. The summed E-state index contributed by atoms with van der Waals surface area (Å²) in [6.07, 6.45) is 2.64. The van der Waals surface area contributed by atoms with Gasteiger partial charge in [0.25, 0.3) is 23.4 Å². The Morgan fingerprint density at radius 3 is 2.43 bits per heavy atom. The zero-order chi connectivity index (χ0) is 25.3. The molecule has 2 aromatic carbocycles. The van der Waals surface area contributed by atoms with Crippen molar-refractivity contribution in [1.29, 1.82) is 0 Å². The van der Waals surface area contributed by atoms with Crippen molar-refractivity contribution in [3.05, 3.63) is 81.4 Å². The number of imide groups is 1. The molecule has 10 nitrogen and oxygen atoms in total. The fraction of sp³-hybridized carbons (Fsp3) is 0.280. The molecule has 3 amide bonds. The Morgan fingerprint density at radius 1 is 1.09 bits per heavy atom. The maximum atomic E-state index is 13.5. The summed E-state index contributed by atoms with van der Waals surface area (Å²) in [7, 11) is 1.48. The van der Waals surface area contributed by atoms with Crippen LogP contribution in [0.3, 0.4) is 0 Å². The van der Waals surface area contributed by atoms with Crippen LogP contribution in [-0.2, 0) is 9.59 Å². The van der Waals surface area contributed by atoms with Crippen molar-refractivity contribution in [3.63, 3.8) is 0 Å². The summed E-state index contributed by atoms with van der Waals surface area (Å²) in [5.74, 6) is -3.22. The van der Waals surface area contributed by atoms with Crippen LogP contribution in [0.1, 0.15) is 40.5 Å². The van der Waals surface area contributed by atoms with Crippen molar-refractivity contribution < 1.29 is 28.8 Å². The number of nitro groups is 1. The molecule has 0 saturated carbocycles. The molecule has 0 N–H and O–H groups in total. The number of fused-ring (bicyclic) bond motifs is 1. The number of carbonyl (C=O) groups is 4. The highest BCUT2D eigenvalue weighted by atomic mass is 16.6. The first-order chi connectivity index (χ1) is 16.7. The standard InChI is InChI=1S/C25H23N3O7/c1-15-6-11-20-21(12-15)25(32)27(24(20)31)26(14-22(29)16-7-9-19(35-2)10-8-16)23(30)17-4-3-5-18(13-17)28(33)34/h3-10,13,20-21H,11-12,14H2,1-2H3/t20-,21-/m1/s1. The van der Waals surface area contributed by atoms with E-state index in [2.05, 4.69) is 0 Å². The molecule has 1 heterocycles. The topological polar surface area (TPSA) is 127 Å². The van der Waals surface area contributed by atoms with E-state index in [-0.39, 0.29) is 16.8 Å². The van der Waals surface area contributed by atoms with Crippen LogP contribution in [0.25, 0.3) is 0 Å². The van der Waals surface area contributed by atoms with Crippen LogP contribution in [0, 0.1) is 22.0 Å². The van der Waals surface area contributed by atoms with Gasteiger partial charge in [-0.25, -0.2) is 5.01 Å². The predicted molar refractivity (Wildman–Crippen MR) is 123 cm³/mol. The van der Waals surface area contributed by atoms with Gasteiger partial charge in [-0.15, -0.1) is 0 Å². The first kappa shape index (κ1) is 23.8. The molecule has 1 aliphatic carbocycles. The number of carbonyl (C=O) groups excluding carboxylic acids is 4. The lowest BCUT2D eigenvalue weighted by molar-refractivity contribution is -0.384. The number of ketones is 1. The number of methoxy groups -OCH3 is 1. The van der Waals surface area contributed by atoms with Crippen LogP contribution in [0.5, 0.6) is 5.75 Å². The lowest BCUT2D eigenvalue weighted by Crippen LogP contribution is -2.52. The maximum absolute atomic E-state index is 13.5. The molecule has 1 fully saturated rings. The second kappa shape index (κ2) is 9.49. The van der Waals surface area contributed by atoms with E-state index in [0.29, 0.717) is 18.6 Å². The fourth-order valence-corrected chi connectivity index (χ4v) is 4.40. The number of hydrazine groups is 1. The van der Waals surface area contributed by atoms with Gasteiger partial charge in [-0.1, -0.05) is 17.7 Å². The molecule has 35 heavy (non-hydrogen) atoms. The molecule has 1 saturated heterocycles. The highest BCUT2D eigenvalue weighted by Gasteiger charge is 2.51. The minimum absolute atomic E-state index is 0.119. The van der Waals surface area contributed by atoms with Gasteiger partial charge in [0.2, 0.25) is 0 Å². The van der Waals surface area contributed by atoms with Crippen LogP contribution in [0.2, 0.25) is 0 Å². The molecular formula is C25H23N3O7. The molecule has 0 unspecified atom stereocenters. The Hall–Kier alpha value is -4.34. The van der Waals surface area contributed by atoms with Crippen LogP contribution in [0.4, 0.5) is 5.69 Å². The molecule has 1 aliphatic heterocycles. The number of amides is 3. The van der Waals surface area contributed by atoms with Crippen molar-refractivity contribution in [1.82, 2.24) is 10.0 Å². The molecule has 0 aromatic heterocycles. The smallest absolute Gasteiger partial charge is 0.273 e. The Kier molecular flexibility index (Phi) is 6.46. The predicted octanol–water partition coefficient (Wildman–Crippen LogP) is 3.18. The lowest BCUT2D eigenvalue weighted by Gasteiger charge is -2.30. The molecule has 0 radical (unpaired) electrons. The number of Topliss-reactive ketones (excluding diaryl/α,β-unsaturated/α-hetero) is 1. The van der Waals surface area contributed by atoms with Crippen molar-refractivity contribution >= 4 is 29.2 Å². The first-order valence-electron chi connectivity index (χ1n) is 11.0. The summed E-state index contributed by atoms with van der Waals surface area (Å²) in [6, 6.07) is 11.1. The maximum Gasteiger partial charge on any atom is 0.273 e. The molecule has 2 atom stereocenters. The number of ether oxygens (including phenoxy) is 1. The van der Waals surface area contributed by atoms with E-state index < -0.39 is 46.8 Å². The molecule has 2 aliphatic rings. The Balaban J connectivity index is 1.70. The summed E-state index contributed by atoms with van der Waals surface area (Å²) in [6.45, 7) is 1.27. The van der Waals surface area contributed by atoms with E-state index in [0.717, 1.165) is 21.7 Å². The van der Waals surface area contributed by atoms with Crippen LogP contribution in [0.15, 0.2) is 60.2 Å². The van der Waals surface area contributed by atoms with Gasteiger partial charge >= 0.3 is 0 Å². The Labute approximate surface area is 200 Å². The van der Waals surface area contributed by atoms with Crippen LogP contribution >= 0.6 is 0 Å². The number of allylic oxidation sites excluding steroid dienone is 2. The van der Waals surface area contributed by atoms with E-state index in [1.54, 1.807) is 12.1 Å². The second-order valence-corrected chi connectivity index (χ2v) is 8.51. The SMILES string of the molecule is COc1ccc(C(=O)CN(C(=O)c2cccc([N+](=O)[O-])c2)N2C(=O)[C@@H]3CC=C(C)C[C@H]3C2=O)cc1. The average Bonchev–Trinajstić information content (AvgIpc) is 3.11. The van der Waals surface area contributed by atoms with Crippen LogP contribution in [-0.4, -0.2) is 52.1 Å². The lowest BCUT2D eigenvalue weighted by atomic mass is 9.82. The first-order valence-corrected chi connectivity index (χ1v) is 11.0. The average molecular weight is 477 g/mol. The van der Waals surface area contributed by atoms with Gasteiger partial charge in [-0.3, -0.25) is 29.3 Å².